The van der Waals surface area contributed by atoms with E-state index in [-0.39, 0.29) is 0 Å². The van der Waals surface area contributed by atoms with Crippen molar-refractivity contribution in [1.82, 2.24) is 14.8 Å². The van der Waals surface area contributed by atoms with Crippen LogP contribution in [0.3, 0.4) is 0 Å². The van der Waals surface area contributed by atoms with Crippen LogP contribution in [-0.4, -0.2) is 14.8 Å². The second-order valence-electron chi connectivity index (χ2n) is 4.79. The number of hydrogen-bond donors (Lipinski definition) is 0. The van der Waals surface area contributed by atoms with Gasteiger partial charge in [0.25, 0.3) is 0 Å². The first kappa shape index (κ1) is 14.4. The topological polar surface area (TPSA) is 54.5 Å². The molecule has 0 bridgehead atoms. The van der Waals surface area contributed by atoms with Crippen molar-refractivity contribution >= 4 is 11.8 Å². The SMILES string of the molecule is Cn1c(SCc2ccccc2C#N)nnc1-c1ccccc1. The standard InChI is InChI=1S/C17H14N4S/c1-21-16(13-7-3-2-4-8-13)19-20-17(21)22-12-15-10-6-5-9-14(15)11-18/h2-10H,12H2,1H3. The minimum Gasteiger partial charge on any atom is -0.305 e. The zero-order valence-corrected chi connectivity index (χ0v) is 12.9. The van der Waals surface area contributed by atoms with E-state index in [0.717, 1.165) is 22.1 Å². The summed E-state index contributed by atoms with van der Waals surface area (Å²) in [6.45, 7) is 0. The van der Waals surface area contributed by atoms with Crippen molar-refractivity contribution in [2.75, 3.05) is 0 Å². The predicted molar refractivity (Wildman–Crippen MR) is 87.2 cm³/mol. The summed E-state index contributed by atoms with van der Waals surface area (Å²) in [6, 6.07) is 19.8. The van der Waals surface area contributed by atoms with E-state index in [1.807, 2.05) is 66.2 Å². The first-order chi connectivity index (χ1) is 10.8. The Labute approximate surface area is 133 Å². The fraction of sp³-hybridized carbons (Fsp3) is 0.118. The van der Waals surface area contributed by atoms with E-state index in [0.29, 0.717) is 11.3 Å². The van der Waals surface area contributed by atoms with Crippen LogP contribution >= 0.6 is 11.8 Å². The molecule has 0 aliphatic rings. The Balaban J connectivity index is 1.80. The van der Waals surface area contributed by atoms with E-state index in [1.165, 1.54) is 0 Å². The molecular formula is C17H14N4S. The Morgan fingerprint density at radius 3 is 2.55 bits per heavy atom. The van der Waals surface area contributed by atoms with Crippen LogP contribution in [0.5, 0.6) is 0 Å². The number of aromatic nitrogens is 3. The molecule has 108 valence electrons. The van der Waals surface area contributed by atoms with Crippen LogP contribution in [0.25, 0.3) is 11.4 Å². The molecule has 1 aromatic heterocycles. The molecule has 4 nitrogen and oxygen atoms in total. The van der Waals surface area contributed by atoms with E-state index >= 15 is 0 Å². The molecule has 0 atom stereocenters. The predicted octanol–water partition coefficient (Wildman–Crippen LogP) is 3.65. The van der Waals surface area contributed by atoms with Crippen molar-refractivity contribution in [1.29, 1.82) is 5.26 Å². The highest BCUT2D eigenvalue weighted by molar-refractivity contribution is 7.98. The van der Waals surface area contributed by atoms with Gasteiger partial charge >= 0.3 is 0 Å². The normalized spacial score (nSPS) is 10.4. The Morgan fingerprint density at radius 1 is 1.05 bits per heavy atom. The van der Waals surface area contributed by atoms with Crippen molar-refractivity contribution in [3.05, 3.63) is 65.7 Å². The summed E-state index contributed by atoms with van der Waals surface area (Å²) in [5.74, 6) is 1.54. The summed E-state index contributed by atoms with van der Waals surface area (Å²) in [6.07, 6.45) is 0. The lowest BCUT2D eigenvalue weighted by Crippen LogP contribution is -1.95. The van der Waals surface area contributed by atoms with Gasteiger partial charge in [-0.3, -0.25) is 0 Å². The number of hydrogen-bond acceptors (Lipinski definition) is 4. The molecule has 3 rings (SSSR count). The lowest BCUT2D eigenvalue weighted by Gasteiger charge is -2.05. The Hall–Kier alpha value is -2.58. The van der Waals surface area contributed by atoms with Crippen LogP contribution in [0.1, 0.15) is 11.1 Å². The second-order valence-corrected chi connectivity index (χ2v) is 5.73. The first-order valence-corrected chi connectivity index (χ1v) is 7.84. The third kappa shape index (κ3) is 2.87. The molecule has 0 saturated carbocycles. The highest BCUT2D eigenvalue weighted by atomic mass is 32.2. The van der Waals surface area contributed by atoms with Gasteiger partial charge in [-0.2, -0.15) is 5.26 Å². The van der Waals surface area contributed by atoms with Gasteiger partial charge in [-0.05, 0) is 11.6 Å². The van der Waals surface area contributed by atoms with Crippen molar-refractivity contribution < 1.29 is 0 Å². The lowest BCUT2D eigenvalue weighted by atomic mass is 10.1. The fourth-order valence-electron chi connectivity index (χ4n) is 2.18. The molecular weight excluding hydrogens is 292 g/mol. The summed E-state index contributed by atoms with van der Waals surface area (Å²) in [5.41, 5.74) is 2.77. The van der Waals surface area contributed by atoms with Crippen molar-refractivity contribution in [2.45, 2.75) is 10.9 Å². The van der Waals surface area contributed by atoms with Crippen molar-refractivity contribution in [3.8, 4) is 17.5 Å². The third-order valence-electron chi connectivity index (χ3n) is 3.36. The molecule has 22 heavy (non-hydrogen) atoms. The smallest absolute Gasteiger partial charge is 0.191 e. The monoisotopic (exact) mass is 306 g/mol. The third-order valence-corrected chi connectivity index (χ3v) is 4.43. The maximum Gasteiger partial charge on any atom is 0.191 e. The molecule has 0 aliphatic carbocycles. The quantitative estimate of drug-likeness (QED) is 0.690. The Bertz CT molecular complexity index is 818. The number of thioether (sulfide) groups is 1. The minimum absolute atomic E-state index is 0.699. The van der Waals surface area contributed by atoms with E-state index < -0.39 is 0 Å². The van der Waals surface area contributed by atoms with Crippen molar-refractivity contribution in [3.63, 3.8) is 0 Å². The summed E-state index contributed by atoms with van der Waals surface area (Å²) >= 11 is 1.58. The molecule has 0 amide bonds. The average molecular weight is 306 g/mol. The van der Waals surface area contributed by atoms with Gasteiger partial charge in [0.15, 0.2) is 11.0 Å². The molecule has 2 aromatic carbocycles. The fourth-order valence-corrected chi connectivity index (χ4v) is 3.09. The van der Waals surface area contributed by atoms with Crippen molar-refractivity contribution in [2.24, 2.45) is 7.05 Å². The first-order valence-electron chi connectivity index (χ1n) is 6.85. The molecule has 0 saturated heterocycles. The van der Waals surface area contributed by atoms with Gasteiger partial charge in [-0.1, -0.05) is 60.3 Å². The van der Waals surface area contributed by atoms with Crippen LogP contribution in [0, 0.1) is 11.3 Å². The van der Waals surface area contributed by atoms with Crippen LogP contribution in [0.15, 0.2) is 59.8 Å². The summed E-state index contributed by atoms with van der Waals surface area (Å²) in [4.78, 5) is 0. The molecule has 0 spiro atoms. The van der Waals surface area contributed by atoms with Gasteiger partial charge < -0.3 is 4.57 Å². The van der Waals surface area contributed by atoms with E-state index in [4.69, 9.17) is 5.26 Å². The number of benzene rings is 2. The van der Waals surface area contributed by atoms with Crippen LogP contribution < -0.4 is 0 Å². The van der Waals surface area contributed by atoms with Gasteiger partial charge in [0.05, 0.1) is 11.6 Å². The van der Waals surface area contributed by atoms with Gasteiger partial charge in [0.1, 0.15) is 0 Å². The highest BCUT2D eigenvalue weighted by Gasteiger charge is 2.11. The van der Waals surface area contributed by atoms with Crippen LogP contribution in [0.2, 0.25) is 0 Å². The minimum atomic E-state index is 0.699. The zero-order valence-electron chi connectivity index (χ0n) is 12.1. The molecule has 0 radical (unpaired) electrons. The highest BCUT2D eigenvalue weighted by Crippen LogP contribution is 2.26. The molecule has 0 aliphatic heterocycles. The molecule has 0 fully saturated rings. The average Bonchev–Trinajstić information content (AvgIpc) is 2.95. The largest absolute Gasteiger partial charge is 0.305 e. The maximum atomic E-state index is 9.13. The molecule has 3 aromatic rings. The van der Waals surface area contributed by atoms with E-state index in [9.17, 15) is 0 Å². The second kappa shape index (κ2) is 6.46. The van der Waals surface area contributed by atoms with Gasteiger partial charge in [-0.15, -0.1) is 10.2 Å². The Morgan fingerprint density at radius 2 is 1.77 bits per heavy atom. The van der Waals surface area contributed by atoms with E-state index in [1.54, 1.807) is 11.8 Å². The van der Waals surface area contributed by atoms with Crippen LogP contribution in [-0.2, 0) is 12.8 Å². The van der Waals surface area contributed by atoms with E-state index in [2.05, 4.69) is 16.3 Å². The summed E-state index contributed by atoms with van der Waals surface area (Å²) in [7, 11) is 1.96. The van der Waals surface area contributed by atoms with Gasteiger partial charge in [0, 0.05) is 18.4 Å². The summed E-state index contributed by atoms with van der Waals surface area (Å²) in [5, 5.41) is 18.5. The Kier molecular flexibility index (Phi) is 4.22. The number of rotatable bonds is 4. The number of nitriles is 1. The lowest BCUT2D eigenvalue weighted by molar-refractivity contribution is 0.794. The molecule has 0 N–H and O–H groups in total. The van der Waals surface area contributed by atoms with Crippen LogP contribution in [0.4, 0.5) is 0 Å². The summed E-state index contributed by atoms with van der Waals surface area (Å²) < 4.78 is 1.98. The van der Waals surface area contributed by atoms with Gasteiger partial charge in [0.2, 0.25) is 0 Å². The maximum absolute atomic E-state index is 9.13. The molecule has 0 unspecified atom stereocenters. The molecule has 1 heterocycles. The van der Waals surface area contributed by atoms with Gasteiger partial charge in [-0.25, -0.2) is 0 Å². The zero-order chi connectivity index (χ0) is 15.4. The molecule has 5 heteroatoms. The number of nitrogens with zero attached hydrogens (tertiary/aromatic N) is 4.